The van der Waals surface area contributed by atoms with Gasteiger partial charge in [-0.15, -0.1) is 0 Å². The van der Waals surface area contributed by atoms with Crippen LogP contribution in [-0.4, -0.2) is 25.5 Å². The summed E-state index contributed by atoms with van der Waals surface area (Å²) in [7, 11) is 1.58. The van der Waals surface area contributed by atoms with Gasteiger partial charge in [-0.05, 0) is 54.1 Å². The van der Waals surface area contributed by atoms with E-state index in [0.29, 0.717) is 18.0 Å². The van der Waals surface area contributed by atoms with Crippen molar-refractivity contribution in [3.05, 3.63) is 78.3 Å². The minimum absolute atomic E-state index is 0.0960. The first-order chi connectivity index (χ1) is 13.6. The van der Waals surface area contributed by atoms with Crippen molar-refractivity contribution in [2.75, 3.05) is 19.0 Å². The van der Waals surface area contributed by atoms with E-state index in [4.69, 9.17) is 13.9 Å². The standard InChI is InChI=1S/C21H20N2O5/c1-26-17-7-9-18(10-8-17)28-14-20(24)22-13-15-4-2-5-16(12-15)23-21(25)19-6-3-11-27-19/h2-12H,13-14H2,1H3,(H,22,24)(H,23,25). The first kappa shape index (κ1) is 19.0. The minimum Gasteiger partial charge on any atom is -0.497 e. The van der Waals surface area contributed by atoms with Gasteiger partial charge in [-0.25, -0.2) is 0 Å². The number of carbonyl (C=O) groups is 2. The van der Waals surface area contributed by atoms with Crippen LogP contribution in [0.4, 0.5) is 5.69 Å². The molecule has 0 aliphatic carbocycles. The third-order valence-electron chi connectivity index (χ3n) is 3.85. The number of benzene rings is 2. The van der Waals surface area contributed by atoms with Crippen LogP contribution in [0.15, 0.2) is 71.3 Å². The van der Waals surface area contributed by atoms with Gasteiger partial charge in [0.25, 0.3) is 11.8 Å². The van der Waals surface area contributed by atoms with Gasteiger partial charge in [0.2, 0.25) is 0 Å². The molecule has 0 bridgehead atoms. The smallest absolute Gasteiger partial charge is 0.291 e. The number of carbonyl (C=O) groups excluding carboxylic acids is 2. The van der Waals surface area contributed by atoms with Crippen molar-refractivity contribution in [1.82, 2.24) is 5.32 Å². The molecule has 0 saturated heterocycles. The molecule has 1 heterocycles. The van der Waals surface area contributed by atoms with Crippen LogP contribution < -0.4 is 20.1 Å². The molecule has 7 heteroatoms. The monoisotopic (exact) mass is 380 g/mol. The number of methoxy groups -OCH3 is 1. The largest absolute Gasteiger partial charge is 0.497 e. The third-order valence-corrected chi connectivity index (χ3v) is 3.85. The second-order valence-electron chi connectivity index (χ2n) is 5.87. The normalized spacial score (nSPS) is 10.2. The Kier molecular flexibility index (Phi) is 6.30. The summed E-state index contributed by atoms with van der Waals surface area (Å²) in [5, 5.41) is 5.53. The molecular weight excluding hydrogens is 360 g/mol. The summed E-state index contributed by atoms with van der Waals surface area (Å²) >= 11 is 0. The zero-order valence-electron chi connectivity index (χ0n) is 15.3. The zero-order chi connectivity index (χ0) is 19.8. The molecule has 0 aliphatic heterocycles. The number of nitrogens with one attached hydrogen (secondary N) is 2. The molecule has 2 amide bonds. The minimum atomic E-state index is -0.334. The highest BCUT2D eigenvalue weighted by Gasteiger charge is 2.09. The lowest BCUT2D eigenvalue weighted by Crippen LogP contribution is -2.28. The molecule has 3 rings (SSSR count). The number of hydrogen-bond acceptors (Lipinski definition) is 5. The fourth-order valence-corrected chi connectivity index (χ4v) is 2.43. The summed E-state index contributed by atoms with van der Waals surface area (Å²) in [5.41, 5.74) is 1.46. The fraction of sp³-hybridized carbons (Fsp3) is 0.143. The number of ether oxygens (including phenoxy) is 2. The number of furan rings is 1. The summed E-state index contributed by atoms with van der Waals surface area (Å²) in [4.78, 5) is 24.0. The van der Waals surface area contributed by atoms with Gasteiger partial charge in [0.1, 0.15) is 11.5 Å². The molecule has 0 unspecified atom stereocenters. The maximum absolute atomic E-state index is 12.0. The summed E-state index contributed by atoms with van der Waals surface area (Å²) < 4.78 is 15.6. The van der Waals surface area contributed by atoms with Crippen molar-refractivity contribution in [3.8, 4) is 11.5 Å². The molecule has 3 aromatic rings. The van der Waals surface area contributed by atoms with Gasteiger partial charge in [-0.2, -0.15) is 0 Å². The Morgan fingerprint density at radius 3 is 2.50 bits per heavy atom. The molecule has 144 valence electrons. The molecule has 2 aromatic carbocycles. The van der Waals surface area contributed by atoms with E-state index in [-0.39, 0.29) is 24.2 Å². The second-order valence-corrected chi connectivity index (χ2v) is 5.87. The topological polar surface area (TPSA) is 89.8 Å². The molecule has 0 fully saturated rings. The number of rotatable bonds is 8. The second kappa shape index (κ2) is 9.27. The lowest BCUT2D eigenvalue weighted by Gasteiger charge is -2.09. The van der Waals surface area contributed by atoms with E-state index in [1.807, 2.05) is 6.07 Å². The molecule has 1 aromatic heterocycles. The first-order valence-corrected chi connectivity index (χ1v) is 8.61. The van der Waals surface area contributed by atoms with E-state index in [0.717, 1.165) is 11.3 Å². The highest BCUT2D eigenvalue weighted by molar-refractivity contribution is 6.02. The molecule has 0 saturated carbocycles. The van der Waals surface area contributed by atoms with Gasteiger partial charge < -0.3 is 24.5 Å². The maximum Gasteiger partial charge on any atom is 0.291 e. The maximum atomic E-state index is 12.0. The highest BCUT2D eigenvalue weighted by atomic mass is 16.5. The molecule has 28 heavy (non-hydrogen) atoms. The van der Waals surface area contributed by atoms with Crippen molar-refractivity contribution in [3.63, 3.8) is 0 Å². The third kappa shape index (κ3) is 5.38. The number of amides is 2. The van der Waals surface area contributed by atoms with Gasteiger partial charge in [-0.3, -0.25) is 9.59 Å². The Balaban J connectivity index is 1.47. The van der Waals surface area contributed by atoms with Crippen molar-refractivity contribution >= 4 is 17.5 Å². The van der Waals surface area contributed by atoms with Crippen molar-refractivity contribution < 1.29 is 23.5 Å². The van der Waals surface area contributed by atoms with Crippen LogP contribution >= 0.6 is 0 Å². The van der Waals surface area contributed by atoms with Gasteiger partial charge >= 0.3 is 0 Å². The van der Waals surface area contributed by atoms with E-state index in [1.54, 1.807) is 61.7 Å². The molecule has 0 aliphatic rings. The van der Waals surface area contributed by atoms with E-state index in [9.17, 15) is 9.59 Å². The number of hydrogen-bond donors (Lipinski definition) is 2. The van der Waals surface area contributed by atoms with Crippen molar-refractivity contribution in [2.45, 2.75) is 6.54 Å². The van der Waals surface area contributed by atoms with E-state index in [1.165, 1.54) is 6.26 Å². The molecule has 0 spiro atoms. The Morgan fingerprint density at radius 1 is 1.00 bits per heavy atom. The molecule has 0 atom stereocenters. The van der Waals surface area contributed by atoms with Crippen molar-refractivity contribution in [2.24, 2.45) is 0 Å². The zero-order valence-corrected chi connectivity index (χ0v) is 15.3. The number of anilines is 1. The summed E-state index contributed by atoms with van der Waals surface area (Å²) in [6, 6.07) is 17.4. The van der Waals surface area contributed by atoms with Gasteiger partial charge in [0.05, 0.1) is 13.4 Å². The van der Waals surface area contributed by atoms with Crippen LogP contribution in [0.5, 0.6) is 11.5 Å². The highest BCUT2D eigenvalue weighted by Crippen LogP contribution is 2.17. The average molecular weight is 380 g/mol. The van der Waals surface area contributed by atoms with E-state index >= 15 is 0 Å². The first-order valence-electron chi connectivity index (χ1n) is 8.61. The SMILES string of the molecule is COc1ccc(OCC(=O)NCc2cccc(NC(=O)c3ccco3)c2)cc1. The predicted molar refractivity (Wildman–Crippen MR) is 103 cm³/mol. The fourth-order valence-electron chi connectivity index (χ4n) is 2.43. The molecule has 2 N–H and O–H groups in total. The van der Waals surface area contributed by atoms with Crippen LogP contribution in [0.25, 0.3) is 0 Å². The average Bonchev–Trinajstić information content (AvgIpc) is 3.26. The van der Waals surface area contributed by atoms with E-state index in [2.05, 4.69) is 10.6 Å². The summed E-state index contributed by atoms with van der Waals surface area (Å²) in [6.45, 7) is 0.219. The van der Waals surface area contributed by atoms with Crippen LogP contribution in [0.3, 0.4) is 0 Å². The van der Waals surface area contributed by atoms with Gasteiger partial charge in [0, 0.05) is 12.2 Å². The Labute approximate surface area is 162 Å². The molecule has 7 nitrogen and oxygen atoms in total. The Hall–Kier alpha value is -3.74. The lowest BCUT2D eigenvalue weighted by atomic mass is 10.2. The van der Waals surface area contributed by atoms with Crippen LogP contribution in [0.1, 0.15) is 16.1 Å². The summed E-state index contributed by atoms with van der Waals surface area (Å²) in [6.07, 6.45) is 1.44. The lowest BCUT2D eigenvalue weighted by molar-refractivity contribution is -0.123. The van der Waals surface area contributed by atoms with E-state index < -0.39 is 0 Å². The Bertz CT molecular complexity index is 920. The summed E-state index contributed by atoms with van der Waals surface area (Å²) in [5.74, 6) is 0.948. The van der Waals surface area contributed by atoms with Crippen LogP contribution in [0, 0.1) is 0 Å². The predicted octanol–water partition coefficient (Wildman–Crippen LogP) is 3.24. The van der Waals surface area contributed by atoms with Gasteiger partial charge in [0.15, 0.2) is 12.4 Å². The quantitative estimate of drug-likeness (QED) is 0.626. The molecular formula is C21H20N2O5. The van der Waals surface area contributed by atoms with Crippen molar-refractivity contribution in [1.29, 1.82) is 0 Å². The Morgan fingerprint density at radius 2 is 1.79 bits per heavy atom. The van der Waals surface area contributed by atoms with Crippen LogP contribution in [0.2, 0.25) is 0 Å². The van der Waals surface area contributed by atoms with Gasteiger partial charge in [-0.1, -0.05) is 12.1 Å². The van der Waals surface area contributed by atoms with Crippen LogP contribution in [-0.2, 0) is 11.3 Å². The molecule has 0 radical (unpaired) electrons.